The van der Waals surface area contributed by atoms with Gasteiger partial charge in [0.1, 0.15) is 11.6 Å². The lowest BCUT2D eigenvalue weighted by Crippen LogP contribution is -2.18. The minimum atomic E-state index is -0.253. The standard InChI is InChI=1S/C14H15FN2OS/c1-3-10-9(2)16-13(17-14(10)18)8-19-12-7-5-4-6-11(12)15/h4-7H,3,8H2,1-2H3,(H,16,17,18). The zero-order chi connectivity index (χ0) is 13.8. The molecule has 19 heavy (non-hydrogen) atoms. The Labute approximate surface area is 115 Å². The molecule has 0 unspecified atom stereocenters. The zero-order valence-corrected chi connectivity index (χ0v) is 11.7. The molecule has 2 aromatic rings. The molecule has 5 heteroatoms. The van der Waals surface area contributed by atoms with E-state index >= 15 is 0 Å². The molecule has 0 saturated carbocycles. The van der Waals surface area contributed by atoms with E-state index in [9.17, 15) is 9.18 Å². The van der Waals surface area contributed by atoms with Gasteiger partial charge in [-0.05, 0) is 25.5 Å². The van der Waals surface area contributed by atoms with Crippen molar-refractivity contribution in [1.82, 2.24) is 9.97 Å². The highest BCUT2D eigenvalue weighted by molar-refractivity contribution is 7.98. The number of aromatic nitrogens is 2. The number of benzene rings is 1. The molecule has 0 saturated heterocycles. The fourth-order valence-corrected chi connectivity index (χ4v) is 2.67. The number of nitrogens with one attached hydrogen (secondary N) is 1. The second-order valence-corrected chi connectivity index (χ2v) is 5.17. The number of nitrogens with zero attached hydrogens (tertiary/aromatic N) is 1. The predicted octanol–water partition coefficient (Wildman–Crippen LogP) is 3.07. The summed E-state index contributed by atoms with van der Waals surface area (Å²) < 4.78 is 13.5. The Balaban J connectivity index is 2.17. The number of aryl methyl sites for hydroxylation is 1. The van der Waals surface area contributed by atoms with Gasteiger partial charge in [-0.2, -0.15) is 0 Å². The molecule has 3 nitrogen and oxygen atoms in total. The van der Waals surface area contributed by atoms with Gasteiger partial charge in [0, 0.05) is 16.2 Å². The van der Waals surface area contributed by atoms with Gasteiger partial charge in [0.25, 0.3) is 5.56 Å². The van der Waals surface area contributed by atoms with Gasteiger partial charge in [-0.15, -0.1) is 11.8 Å². The maximum absolute atomic E-state index is 13.5. The fourth-order valence-electron chi connectivity index (χ4n) is 1.86. The third-order valence-corrected chi connectivity index (χ3v) is 3.89. The van der Waals surface area contributed by atoms with E-state index in [4.69, 9.17) is 0 Å². The minimum Gasteiger partial charge on any atom is -0.310 e. The second-order valence-electron chi connectivity index (χ2n) is 4.15. The molecule has 0 atom stereocenters. The molecule has 0 bridgehead atoms. The maximum Gasteiger partial charge on any atom is 0.254 e. The molecule has 0 aliphatic rings. The van der Waals surface area contributed by atoms with Gasteiger partial charge in [0.2, 0.25) is 0 Å². The molecular formula is C14H15FN2OS. The lowest BCUT2D eigenvalue weighted by Gasteiger charge is -2.06. The normalized spacial score (nSPS) is 10.7. The summed E-state index contributed by atoms with van der Waals surface area (Å²) in [4.78, 5) is 19.4. The van der Waals surface area contributed by atoms with Gasteiger partial charge in [-0.25, -0.2) is 9.37 Å². The number of hydrogen-bond acceptors (Lipinski definition) is 3. The van der Waals surface area contributed by atoms with Crippen molar-refractivity contribution < 1.29 is 4.39 Å². The Kier molecular flexibility index (Phi) is 4.37. The summed E-state index contributed by atoms with van der Waals surface area (Å²) in [5.41, 5.74) is 1.36. The molecule has 0 aliphatic carbocycles. The average molecular weight is 278 g/mol. The Morgan fingerprint density at radius 3 is 2.74 bits per heavy atom. The third kappa shape index (κ3) is 3.23. The molecule has 0 amide bonds. The topological polar surface area (TPSA) is 45.8 Å². The number of aromatic amines is 1. The highest BCUT2D eigenvalue weighted by Gasteiger charge is 2.08. The summed E-state index contributed by atoms with van der Waals surface area (Å²) in [5.74, 6) is 0.769. The van der Waals surface area contributed by atoms with Crippen LogP contribution in [-0.4, -0.2) is 9.97 Å². The minimum absolute atomic E-state index is 0.0980. The molecule has 0 radical (unpaired) electrons. The average Bonchev–Trinajstić information content (AvgIpc) is 2.37. The highest BCUT2D eigenvalue weighted by Crippen LogP contribution is 2.23. The second kappa shape index (κ2) is 6.02. The SMILES string of the molecule is CCc1c(C)nc(CSc2ccccc2F)[nH]c1=O. The summed E-state index contributed by atoms with van der Waals surface area (Å²) >= 11 is 1.32. The van der Waals surface area contributed by atoms with Crippen molar-refractivity contribution >= 4 is 11.8 Å². The summed E-state index contributed by atoms with van der Waals surface area (Å²) in [7, 11) is 0. The van der Waals surface area contributed by atoms with E-state index < -0.39 is 0 Å². The van der Waals surface area contributed by atoms with Gasteiger partial charge in [-0.1, -0.05) is 19.1 Å². The summed E-state index contributed by atoms with van der Waals surface area (Å²) in [6, 6.07) is 6.57. The number of thioether (sulfide) groups is 1. The molecule has 0 aliphatic heterocycles. The van der Waals surface area contributed by atoms with Crippen LogP contribution in [0.3, 0.4) is 0 Å². The van der Waals surface area contributed by atoms with Crippen molar-refractivity contribution in [3.8, 4) is 0 Å². The molecule has 1 N–H and O–H groups in total. The molecule has 0 fully saturated rings. The number of halogens is 1. The smallest absolute Gasteiger partial charge is 0.254 e. The molecule has 1 aromatic carbocycles. The van der Waals surface area contributed by atoms with Crippen LogP contribution in [-0.2, 0) is 12.2 Å². The molecular weight excluding hydrogens is 263 g/mol. The maximum atomic E-state index is 13.5. The monoisotopic (exact) mass is 278 g/mol. The van der Waals surface area contributed by atoms with E-state index in [2.05, 4.69) is 9.97 Å². The van der Waals surface area contributed by atoms with Crippen LogP contribution in [0.5, 0.6) is 0 Å². The van der Waals surface area contributed by atoms with Crippen LogP contribution in [0.4, 0.5) is 4.39 Å². The summed E-state index contributed by atoms with van der Waals surface area (Å²) in [5, 5.41) is 0. The Hall–Kier alpha value is -1.62. The van der Waals surface area contributed by atoms with E-state index in [1.807, 2.05) is 13.8 Å². The van der Waals surface area contributed by atoms with E-state index in [1.165, 1.54) is 17.8 Å². The van der Waals surface area contributed by atoms with Crippen molar-refractivity contribution in [2.45, 2.75) is 30.9 Å². The van der Waals surface area contributed by atoms with Crippen LogP contribution in [0.2, 0.25) is 0 Å². The Morgan fingerprint density at radius 2 is 2.11 bits per heavy atom. The molecule has 1 heterocycles. The summed E-state index contributed by atoms with van der Waals surface area (Å²) in [6.45, 7) is 3.75. The van der Waals surface area contributed by atoms with Gasteiger partial charge >= 0.3 is 0 Å². The van der Waals surface area contributed by atoms with Crippen LogP contribution < -0.4 is 5.56 Å². The van der Waals surface area contributed by atoms with E-state index in [0.717, 1.165) is 5.69 Å². The third-order valence-electron chi connectivity index (χ3n) is 2.83. The largest absolute Gasteiger partial charge is 0.310 e. The quantitative estimate of drug-likeness (QED) is 0.874. The fraction of sp³-hybridized carbons (Fsp3) is 0.286. The Bertz CT molecular complexity index is 640. The first-order chi connectivity index (χ1) is 9.11. The predicted molar refractivity (Wildman–Crippen MR) is 74.9 cm³/mol. The number of H-pyrrole nitrogens is 1. The first-order valence-corrected chi connectivity index (χ1v) is 7.06. The highest BCUT2D eigenvalue weighted by atomic mass is 32.2. The molecule has 2 rings (SSSR count). The Morgan fingerprint density at radius 1 is 1.37 bits per heavy atom. The van der Waals surface area contributed by atoms with Crippen LogP contribution in [0, 0.1) is 12.7 Å². The molecule has 0 spiro atoms. The van der Waals surface area contributed by atoms with Crippen LogP contribution >= 0.6 is 11.8 Å². The van der Waals surface area contributed by atoms with Crippen molar-refractivity contribution in [2.75, 3.05) is 0 Å². The first kappa shape index (κ1) is 13.8. The first-order valence-electron chi connectivity index (χ1n) is 6.07. The van der Waals surface area contributed by atoms with Crippen molar-refractivity contribution in [1.29, 1.82) is 0 Å². The van der Waals surface area contributed by atoms with Gasteiger partial charge < -0.3 is 4.98 Å². The summed E-state index contributed by atoms with van der Waals surface area (Å²) in [6.07, 6.45) is 0.662. The molecule has 1 aromatic heterocycles. The van der Waals surface area contributed by atoms with Crippen molar-refractivity contribution in [2.24, 2.45) is 0 Å². The van der Waals surface area contributed by atoms with Crippen molar-refractivity contribution in [3.63, 3.8) is 0 Å². The lowest BCUT2D eigenvalue weighted by molar-refractivity contribution is 0.602. The van der Waals surface area contributed by atoms with Gasteiger partial charge in [-0.3, -0.25) is 4.79 Å². The van der Waals surface area contributed by atoms with Gasteiger partial charge in [0.15, 0.2) is 0 Å². The molecule has 100 valence electrons. The number of rotatable bonds is 4. The van der Waals surface area contributed by atoms with Crippen LogP contribution in [0.25, 0.3) is 0 Å². The van der Waals surface area contributed by atoms with Crippen LogP contribution in [0.1, 0.15) is 24.0 Å². The number of hydrogen-bond donors (Lipinski definition) is 1. The lowest BCUT2D eigenvalue weighted by atomic mass is 10.2. The van der Waals surface area contributed by atoms with Crippen molar-refractivity contribution in [3.05, 3.63) is 57.5 Å². The van der Waals surface area contributed by atoms with Gasteiger partial charge in [0.05, 0.1) is 5.75 Å². The van der Waals surface area contributed by atoms with E-state index in [0.29, 0.717) is 28.5 Å². The van der Waals surface area contributed by atoms with E-state index in [-0.39, 0.29) is 11.4 Å². The zero-order valence-electron chi connectivity index (χ0n) is 10.9. The van der Waals surface area contributed by atoms with E-state index in [1.54, 1.807) is 18.2 Å². The van der Waals surface area contributed by atoms with Crippen LogP contribution in [0.15, 0.2) is 34.0 Å².